The van der Waals surface area contributed by atoms with E-state index in [4.69, 9.17) is 0 Å². The van der Waals surface area contributed by atoms with Gasteiger partial charge in [-0.1, -0.05) is 6.07 Å². The van der Waals surface area contributed by atoms with Crippen molar-refractivity contribution in [1.82, 2.24) is 9.88 Å². The van der Waals surface area contributed by atoms with Crippen LogP contribution in [0.25, 0.3) is 0 Å². The van der Waals surface area contributed by atoms with Crippen molar-refractivity contribution >= 4 is 5.91 Å². The van der Waals surface area contributed by atoms with Crippen molar-refractivity contribution in [3.63, 3.8) is 0 Å². The van der Waals surface area contributed by atoms with Gasteiger partial charge in [0.1, 0.15) is 11.6 Å². The van der Waals surface area contributed by atoms with Gasteiger partial charge in [0.15, 0.2) is 0 Å². The number of halogens is 2. The van der Waals surface area contributed by atoms with Crippen LogP contribution in [0.3, 0.4) is 0 Å². The van der Waals surface area contributed by atoms with Crippen LogP contribution in [0.15, 0.2) is 42.6 Å². The second kappa shape index (κ2) is 7.81. The van der Waals surface area contributed by atoms with Gasteiger partial charge in [-0.25, -0.2) is 8.78 Å². The molecular weight excluding hydrogens is 298 g/mol. The van der Waals surface area contributed by atoms with Crippen molar-refractivity contribution in [2.24, 2.45) is 0 Å². The molecule has 0 radical (unpaired) electrons. The summed E-state index contributed by atoms with van der Waals surface area (Å²) < 4.78 is 26.8. The van der Waals surface area contributed by atoms with E-state index in [1.807, 2.05) is 32.0 Å². The average Bonchev–Trinajstić information content (AvgIpc) is 2.54. The molecule has 0 bridgehead atoms. The Bertz CT molecular complexity index is 659. The van der Waals surface area contributed by atoms with Crippen LogP contribution in [0.4, 0.5) is 8.78 Å². The van der Waals surface area contributed by atoms with E-state index < -0.39 is 11.6 Å². The van der Waals surface area contributed by atoms with E-state index in [-0.39, 0.29) is 30.4 Å². The lowest BCUT2D eigenvalue weighted by molar-refractivity contribution is -0.133. The van der Waals surface area contributed by atoms with Gasteiger partial charge in [-0.05, 0) is 56.2 Å². The third-order valence-electron chi connectivity index (χ3n) is 3.62. The van der Waals surface area contributed by atoms with Crippen molar-refractivity contribution in [3.05, 3.63) is 65.5 Å². The normalized spacial score (nSPS) is 10.8. The maximum Gasteiger partial charge on any atom is 0.223 e. The Labute approximate surface area is 135 Å². The Hall–Kier alpha value is -2.30. The smallest absolute Gasteiger partial charge is 0.223 e. The Morgan fingerprint density at radius 1 is 1.22 bits per heavy atom. The predicted molar refractivity (Wildman–Crippen MR) is 84.6 cm³/mol. The predicted octanol–water partition coefficient (Wildman–Crippen LogP) is 3.73. The first-order chi connectivity index (χ1) is 11.0. The number of rotatable bonds is 6. The molecule has 0 saturated heterocycles. The summed E-state index contributed by atoms with van der Waals surface area (Å²) >= 11 is 0. The van der Waals surface area contributed by atoms with Crippen molar-refractivity contribution in [2.45, 2.75) is 39.3 Å². The Morgan fingerprint density at radius 3 is 2.65 bits per heavy atom. The highest BCUT2D eigenvalue weighted by Crippen LogP contribution is 2.14. The first-order valence-electron chi connectivity index (χ1n) is 7.60. The zero-order chi connectivity index (χ0) is 16.8. The topological polar surface area (TPSA) is 33.2 Å². The zero-order valence-electron chi connectivity index (χ0n) is 13.3. The third kappa shape index (κ3) is 4.84. The van der Waals surface area contributed by atoms with Gasteiger partial charge in [0.05, 0.1) is 12.2 Å². The van der Waals surface area contributed by atoms with Crippen LogP contribution in [0.2, 0.25) is 0 Å². The zero-order valence-corrected chi connectivity index (χ0v) is 13.3. The van der Waals surface area contributed by atoms with Gasteiger partial charge in [-0.3, -0.25) is 9.78 Å². The molecule has 1 heterocycles. The highest BCUT2D eigenvalue weighted by atomic mass is 19.1. The van der Waals surface area contributed by atoms with Crippen molar-refractivity contribution in [2.75, 3.05) is 0 Å². The standard InChI is InChI=1S/C18H20F2N2O/c1-13(2)22(12-16-5-3-4-10-21-16)18(23)9-6-14-11-15(19)7-8-17(14)20/h3-5,7-8,10-11,13H,6,9,12H2,1-2H3. The first-order valence-corrected chi connectivity index (χ1v) is 7.60. The minimum atomic E-state index is -0.497. The summed E-state index contributed by atoms with van der Waals surface area (Å²) in [6.07, 6.45) is 1.99. The van der Waals surface area contributed by atoms with Crippen LogP contribution >= 0.6 is 0 Å². The Morgan fingerprint density at radius 2 is 2.00 bits per heavy atom. The summed E-state index contributed by atoms with van der Waals surface area (Å²) in [6.45, 7) is 4.25. The molecule has 23 heavy (non-hydrogen) atoms. The van der Waals surface area contributed by atoms with Crippen LogP contribution in [-0.4, -0.2) is 21.8 Å². The molecule has 1 amide bonds. The minimum absolute atomic E-state index is 0.00172. The number of amides is 1. The summed E-state index contributed by atoms with van der Waals surface area (Å²) in [6, 6.07) is 8.84. The number of pyridine rings is 1. The van der Waals surface area contributed by atoms with E-state index in [1.165, 1.54) is 0 Å². The maximum absolute atomic E-state index is 13.6. The molecule has 0 aliphatic carbocycles. The molecule has 1 aromatic carbocycles. The molecule has 3 nitrogen and oxygen atoms in total. The second-order valence-electron chi connectivity index (χ2n) is 5.67. The number of aromatic nitrogens is 1. The molecule has 0 atom stereocenters. The first kappa shape index (κ1) is 17.1. The van der Waals surface area contributed by atoms with Gasteiger partial charge in [0.2, 0.25) is 5.91 Å². The summed E-state index contributed by atoms with van der Waals surface area (Å²) in [5.74, 6) is -1.09. The molecule has 0 N–H and O–H groups in total. The molecular formula is C18H20F2N2O. The number of aryl methyl sites for hydroxylation is 1. The van der Waals surface area contributed by atoms with E-state index in [1.54, 1.807) is 11.1 Å². The molecule has 0 aliphatic rings. The summed E-state index contributed by atoms with van der Waals surface area (Å²) in [4.78, 5) is 18.4. The SMILES string of the molecule is CC(C)N(Cc1ccccn1)C(=O)CCc1cc(F)ccc1F. The molecule has 1 aromatic heterocycles. The molecule has 2 aromatic rings. The molecule has 0 saturated carbocycles. The third-order valence-corrected chi connectivity index (χ3v) is 3.62. The van der Waals surface area contributed by atoms with Crippen molar-refractivity contribution < 1.29 is 13.6 Å². The van der Waals surface area contributed by atoms with Crippen LogP contribution in [0.5, 0.6) is 0 Å². The molecule has 0 spiro atoms. The summed E-state index contributed by atoms with van der Waals surface area (Å²) in [5.41, 5.74) is 1.02. The fourth-order valence-corrected chi connectivity index (χ4v) is 2.35. The van der Waals surface area contributed by atoms with Gasteiger partial charge < -0.3 is 4.90 Å². The van der Waals surface area contributed by atoms with Gasteiger partial charge in [-0.15, -0.1) is 0 Å². The number of hydrogen-bond acceptors (Lipinski definition) is 2. The number of benzene rings is 1. The average molecular weight is 318 g/mol. The molecule has 0 unspecified atom stereocenters. The molecule has 122 valence electrons. The lowest BCUT2D eigenvalue weighted by Gasteiger charge is -2.26. The highest BCUT2D eigenvalue weighted by Gasteiger charge is 2.18. The lowest BCUT2D eigenvalue weighted by Crippen LogP contribution is -2.36. The van der Waals surface area contributed by atoms with E-state index >= 15 is 0 Å². The molecule has 0 aliphatic heterocycles. The minimum Gasteiger partial charge on any atom is -0.334 e. The quantitative estimate of drug-likeness (QED) is 0.813. The Kier molecular flexibility index (Phi) is 5.79. The number of hydrogen-bond donors (Lipinski definition) is 0. The lowest BCUT2D eigenvalue weighted by atomic mass is 10.1. The maximum atomic E-state index is 13.6. The second-order valence-corrected chi connectivity index (χ2v) is 5.67. The monoisotopic (exact) mass is 318 g/mol. The fourth-order valence-electron chi connectivity index (χ4n) is 2.35. The molecule has 5 heteroatoms. The van der Waals surface area contributed by atoms with Crippen molar-refractivity contribution in [3.8, 4) is 0 Å². The number of nitrogens with zero attached hydrogens (tertiary/aromatic N) is 2. The van der Waals surface area contributed by atoms with Gasteiger partial charge in [0, 0.05) is 18.7 Å². The molecule has 2 rings (SSSR count). The van der Waals surface area contributed by atoms with Gasteiger partial charge in [-0.2, -0.15) is 0 Å². The van der Waals surface area contributed by atoms with Gasteiger partial charge in [0.25, 0.3) is 0 Å². The fraction of sp³-hybridized carbons (Fsp3) is 0.333. The van der Waals surface area contributed by atoms with E-state index in [9.17, 15) is 13.6 Å². The summed E-state index contributed by atoms with van der Waals surface area (Å²) in [7, 11) is 0. The van der Waals surface area contributed by atoms with Crippen LogP contribution in [0.1, 0.15) is 31.5 Å². The number of carbonyl (C=O) groups is 1. The number of carbonyl (C=O) groups excluding carboxylic acids is 1. The van der Waals surface area contributed by atoms with E-state index in [0.29, 0.717) is 6.54 Å². The van der Waals surface area contributed by atoms with E-state index in [2.05, 4.69) is 4.98 Å². The van der Waals surface area contributed by atoms with Crippen LogP contribution in [0, 0.1) is 11.6 Å². The van der Waals surface area contributed by atoms with E-state index in [0.717, 1.165) is 23.9 Å². The van der Waals surface area contributed by atoms with Crippen molar-refractivity contribution in [1.29, 1.82) is 0 Å². The van der Waals surface area contributed by atoms with Crippen LogP contribution in [-0.2, 0) is 17.8 Å². The highest BCUT2D eigenvalue weighted by molar-refractivity contribution is 5.76. The van der Waals surface area contributed by atoms with Gasteiger partial charge >= 0.3 is 0 Å². The largest absolute Gasteiger partial charge is 0.334 e. The van der Waals surface area contributed by atoms with Crippen LogP contribution < -0.4 is 0 Å². The summed E-state index contributed by atoms with van der Waals surface area (Å²) in [5, 5.41) is 0. The Balaban J connectivity index is 2.02. The molecule has 0 fully saturated rings.